The van der Waals surface area contributed by atoms with Gasteiger partial charge in [0.05, 0.1) is 0 Å². The molecule has 0 spiro atoms. The molecule has 0 fully saturated rings. The number of amides is 1. The Hall–Kier alpha value is -0.440. The SMILES string of the molecule is C=CNC(=O)CCSC(C)CC. The Bertz CT molecular complexity index is 147. The van der Waals surface area contributed by atoms with E-state index in [9.17, 15) is 4.79 Å². The lowest BCUT2D eigenvalue weighted by Crippen LogP contribution is -2.17. The van der Waals surface area contributed by atoms with Crippen molar-refractivity contribution in [3.05, 3.63) is 12.8 Å². The molecular weight excluding hydrogens is 170 g/mol. The van der Waals surface area contributed by atoms with Gasteiger partial charge in [0.15, 0.2) is 0 Å². The predicted molar refractivity (Wildman–Crippen MR) is 55.2 cm³/mol. The summed E-state index contributed by atoms with van der Waals surface area (Å²) in [4.78, 5) is 10.9. The Morgan fingerprint density at radius 2 is 2.42 bits per heavy atom. The van der Waals surface area contributed by atoms with Crippen LogP contribution in [0.1, 0.15) is 26.7 Å². The van der Waals surface area contributed by atoms with E-state index in [4.69, 9.17) is 0 Å². The van der Waals surface area contributed by atoms with E-state index < -0.39 is 0 Å². The van der Waals surface area contributed by atoms with Crippen LogP contribution in [0, 0.1) is 0 Å². The first-order chi connectivity index (χ1) is 5.70. The van der Waals surface area contributed by atoms with Crippen LogP contribution in [0.2, 0.25) is 0 Å². The van der Waals surface area contributed by atoms with Crippen LogP contribution in [0.5, 0.6) is 0 Å². The lowest BCUT2D eigenvalue weighted by Gasteiger charge is -2.06. The molecule has 0 bridgehead atoms. The van der Waals surface area contributed by atoms with Crippen LogP contribution in [0.25, 0.3) is 0 Å². The summed E-state index contributed by atoms with van der Waals surface area (Å²) in [5, 5.41) is 3.20. The Balaban J connectivity index is 3.30. The molecule has 0 aliphatic heterocycles. The monoisotopic (exact) mass is 187 g/mol. The van der Waals surface area contributed by atoms with Gasteiger partial charge < -0.3 is 5.32 Å². The van der Waals surface area contributed by atoms with Crippen molar-refractivity contribution in [2.24, 2.45) is 0 Å². The molecule has 12 heavy (non-hydrogen) atoms. The Labute approximate surface area is 78.8 Å². The van der Waals surface area contributed by atoms with Crippen molar-refractivity contribution < 1.29 is 4.79 Å². The number of carbonyl (C=O) groups is 1. The fourth-order valence-electron chi connectivity index (χ4n) is 0.657. The van der Waals surface area contributed by atoms with Crippen LogP contribution < -0.4 is 5.32 Å². The zero-order chi connectivity index (χ0) is 9.40. The van der Waals surface area contributed by atoms with Crippen molar-refractivity contribution in [2.45, 2.75) is 31.9 Å². The van der Waals surface area contributed by atoms with E-state index in [1.165, 1.54) is 6.20 Å². The number of carbonyl (C=O) groups excluding carboxylic acids is 1. The van der Waals surface area contributed by atoms with Gasteiger partial charge in [0.1, 0.15) is 0 Å². The zero-order valence-corrected chi connectivity index (χ0v) is 8.62. The maximum atomic E-state index is 10.9. The van der Waals surface area contributed by atoms with Crippen LogP contribution in [-0.2, 0) is 4.79 Å². The molecule has 0 aromatic rings. The average molecular weight is 187 g/mol. The minimum absolute atomic E-state index is 0.0563. The quantitative estimate of drug-likeness (QED) is 0.690. The number of hydrogen-bond acceptors (Lipinski definition) is 2. The predicted octanol–water partition coefficient (Wildman–Crippen LogP) is 2.17. The third-order valence-electron chi connectivity index (χ3n) is 1.57. The molecule has 70 valence electrons. The molecule has 0 aliphatic carbocycles. The highest BCUT2D eigenvalue weighted by Gasteiger charge is 2.01. The van der Waals surface area contributed by atoms with Crippen molar-refractivity contribution in [3.8, 4) is 0 Å². The smallest absolute Gasteiger partial charge is 0.224 e. The average Bonchev–Trinajstić information content (AvgIpc) is 2.04. The summed E-state index contributed by atoms with van der Waals surface area (Å²) in [5.41, 5.74) is 0. The molecule has 0 aliphatic rings. The summed E-state index contributed by atoms with van der Waals surface area (Å²) in [6.07, 6.45) is 3.17. The Morgan fingerprint density at radius 3 is 2.92 bits per heavy atom. The summed E-state index contributed by atoms with van der Waals surface area (Å²) in [6, 6.07) is 0. The highest BCUT2D eigenvalue weighted by atomic mass is 32.2. The number of hydrogen-bond donors (Lipinski definition) is 1. The van der Waals surface area contributed by atoms with E-state index in [2.05, 4.69) is 25.7 Å². The highest BCUT2D eigenvalue weighted by molar-refractivity contribution is 7.99. The standard InChI is InChI=1S/C9H17NOS/c1-4-8(3)12-7-6-9(11)10-5-2/h5,8H,2,4,6-7H2,1,3H3,(H,10,11). The maximum absolute atomic E-state index is 10.9. The third-order valence-corrected chi connectivity index (χ3v) is 2.91. The first kappa shape index (κ1) is 11.6. The van der Waals surface area contributed by atoms with Crippen LogP contribution in [-0.4, -0.2) is 16.9 Å². The van der Waals surface area contributed by atoms with Crippen molar-refractivity contribution in [1.82, 2.24) is 5.32 Å². The van der Waals surface area contributed by atoms with E-state index >= 15 is 0 Å². The second kappa shape index (κ2) is 7.22. The zero-order valence-electron chi connectivity index (χ0n) is 7.80. The molecule has 0 saturated heterocycles. The van der Waals surface area contributed by atoms with Crippen LogP contribution in [0.15, 0.2) is 12.8 Å². The van der Waals surface area contributed by atoms with Crippen LogP contribution in [0.3, 0.4) is 0 Å². The lowest BCUT2D eigenvalue weighted by atomic mass is 10.4. The minimum Gasteiger partial charge on any atom is -0.333 e. The first-order valence-electron chi connectivity index (χ1n) is 4.22. The Kier molecular flexibility index (Phi) is 6.96. The fourth-order valence-corrected chi connectivity index (χ4v) is 1.60. The third kappa shape index (κ3) is 6.28. The minimum atomic E-state index is 0.0563. The van der Waals surface area contributed by atoms with Crippen molar-refractivity contribution in [2.75, 3.05) is 5.75 Å². The molecule has 1 amide bonds. The largest absolute Gasteiger partial charge is 0.333 e. The van der Waals surface area contributed by atoms with Crippen LogP contribution in [0.4, 0.5) is 0 Å². The van der Waals surface area contributed by atoms with E-state index in [1.54, 1.807) is 0 Å². The van der Waals surface area contributed by atoms with Gasteiger partial charge in [-0.05, 0) is 12.6 Å². The summed E-state index contributed by atoms with van der Waals surface area (Å²) in [5.74, 6) is 0.954. The summed E-state index contributed by atoms with van der Waals surface area (Å²) >= 11 is 1.84. The van der Waals surface area contributed by atoms with E-state index in [1.807, 2.05) is 11.8 Å². The van der Waals surface area contributed by atoms with Crippen molar-refractivity contribution in [3.63, 3.8) is 0 Å². The maximum Gasteiger partial charge on any atom is 0.224 e. The molecule has 0 heterocycles. The molecule has 0 aromatic carbocycles. The fraction of sp³-hybridized carbons (Fsp3) is 0.667. The highest BCUT2D eigenvalue weighted by Crippen LogP contribution is 2.13. The molecular formula is C9H17NOS. The summed E-state index contributed by atoms with van der Waals surface area (Å²) in [6.45, 7) is 7.75. The molecule has 0 rings (SSSR count). The van der Waals surface area contributed by atoms with Gasteiger partial charge >= 0.3 is 0 Å². The van der Waals surface area contributed by atoms with Gasteiger partial charge in [0.2, 0.25) is 5.91 Å². The molecule has 0 radical (unpaired) electrons. The van der Waals surface area contributed by atoms with Gasteiger partial charge in [-0.25, -0.2) is 0 Å². The molecule has 1 atom stereocenters. The van der Waals surface area contributed by atoms with Gasteiger partial charge in [0, 0.05) is 17.4 Å². The van der Waals surface area contributed by atoms with Gasteiger partial charge in [-0.1, -0.05) is 20.4 Å². The summed E-state index contributed by atoms with van der Waals surface area (Å²) < 4.78 is 0. The lowest BCUT2D eigenvalue weighted by molar-refractivity contribution is -0.119. The normalized spacial score (nSPS) is 12.2. The number of rotatable bonds is 6. The van der Waals surface area contributed by atoms with Gasteiger partial charge in [-0.3, -0.25) is 4.79 Å². The molecule has 3 heteroatoms. The molecule has 0 saturated carbocycles. The summed E-state index contributed by atoms with van der Waals surface area (Å²) in [7, 11) is 0. The first-order valence-corrected chi connectivity index (χ1v) is 5.27. The number of nitrogens with one attached hydrogen (secondary N) is 1. The van der Waals surface area contributed by atoms with E-state index in [0.29, 0.717) is 11.7 Å². The van der Waals surface area contributed by atoms with E-state index in [0.717, 1.165) is 12.2 Å². The Morgan fingerprint density at radius 1 is 1.75 bits per heavy atom. The van der Waals surface area contributed by atoms with E-state index in [-0.39, 0.29) is 5.91 Å². The molecule has 2 nitrogen and oxygen atoms in total. The second-order valence-electron chi connectivity index (χ2n) is 2.61. The second-order valence-corrected chi connectivity index (χ2v) is 4.16. The van der Waals surface area contributed by atoms with Crippen molar-refractivity contribution in [1.29, 1.82) is 0 Å². The van der Waals surface area contributed by atoms with Gasteiger partial charge in [-0.15, -0.1) is 0 Å². The van der Waals surface area contributed by atoms with Crippen molar-refractivity contribution >= 4 is 17.7 Å². The van der Waals surface area contributed by atoms with Crippen LogP contribution >= 0.6 is 11.8 Å². The molecule has 1 N–H and O–H groups in total. The van der Waals surface area contributed by atoms with Gasteiger partial charge in [-0.2, -0.15) is 11.8 Å². The van der Waals surface area contributed by atoms with Gasteiger partial charge in [0.25, 0.3) is 0 Å². The molecule has 0 aromatic heterocycles. The topological polar surface area (TPSA) is 29.1 Å². The number of thioether (sulfide) groups is 1. The molecule has 1 unspecified atom stereocenters.